The summed E-state index contributed by atoms with van der Waals surface area (Å²) in [4.78, 5) is 4.66. The second-order valence-electron chi connectivity index (χ2n) is 6.24. The molecule has 0 aliphatic heterocycles. The Balaban J connectivity index is 1.61. The SMILES string of the molecule is COC1(c2cn(Cc3ccccc3)cn2)Cc2ccccc2C1. The summed E-state index contributed by atoms with van der Waals surface area (Å²) in [6, 6.07) is 19.0. The standard InChI is InChI=1S/C20H20N2O/c1-23-20(11-17-9-5-6-10-18(17)12-20)19-14-22(15-21-19)13-16-7-3-2-4-8-16/h2-10,14-15H,11-13H2,1H3. The molecule has 0 saturated heterocycles. The largest absolute Gasteiger partial charge is 0.371 e. The van der Waals surface area contributed by atoms with Crippen LogP contribution in [0.25, 0.3) is 0 Å². The van der Waals surface area contributed by atoms with Crippen molar-refractivity contribution in [1.82, 2.24) is 9.55 Å². The van der Waals surface area contributed by atoms with E-state index in [9.17, 15) is 0 Å². The molecule has 0 N–H and O–H groups in total. The van der Waals surface area contributed by atoms with E-state index in [2.05, 4.69) is 64.3 Å². The first-order valence-corrected chi connectivity index (χ1v) is 7.97. The van der Waals surface area contributed by atoms with Gasteiger partial charge in [0.15, 0.2) is 0 Å². The molecule has 0 unspecified atom stereocenters. The van der Waals surface area contributed by atoms with E-state index >= 15 is 0 Å². The molecular weight excluding hydrogens is 284 g/mol. The Morgan fingerprint density at radius 3 is 2.30 bits per heavy atom. The van der Waals surface area contributed by atoms with E-state index < -0.39 is 0 Å². The van der Waals surface area contributed by atoms with Crippen LogP contribution in [0.4, 0.5) is 0 Å². The van der Waals surface area contributed by atoms with Gasteiger partial charge in [0.2, 0.25) is 0 Å². The zero-order valence-electron chi connectivity index (χ0n) is 13.3. The van der Waals surface area contributed by atoms with Crippen molar-refractivity contribution in [2.24, 2.45) is 0 Å². The highest BCUT2D eigenvalue weighted by molar-refractivity contribution is 5.38. The number of rotatable bonds is 4. The van der Waals surface area contributed by atoms with Gasteiger partial charge in [0.25, 0.3) is 0 Å². The Morgan fingerprint density at radius 2 is 1.65 bits per heavy atom. The average Bonchev–Trinajstić information content (AvgIpc) is 3.20. The van der Waals surface area contributed by atoms with Crippen molar-refractivity contribution < 1.29 is 4.74 Å². The molecule has 0 spiro atoms. The number of nitrogens with zero attached hydrogens (tertiary/aromatic N) is 2. The Hall–Kier alpha value is -2.39. The van der Waals surface area contributed by atoms with Gasteiger partial charge in [-0.05, 0) is 16.7 Å². The van der Waals surface area contributed by atoms with E-state index in [1.165, 1.54) is 16.7 Å². The quantitative estimate of drug-likeness (QED) is 0.737. The monoisotopic (exact) mass is 304 g/mol. The average molecular weight is 304 g/mol. The molecule has 2 aromatic carbocycles. The molecule has 0 radical (unpaired) electrons. The van der Waals surface area contributed by atoms with Gasteiger partial charge >= 0.3 is 0 Å². The van der Waals surface area contributed by atoms with Gasteiger partial charge in [0.1, 0.15) is 5.60 Å². The lowest BCUT2D eigenvalue weighted by Crippen LogP contribution is -2.29. The van der Waals surface area contributed by atoms with Crippen molar-refractivity contribution in [2.45, 2.75) is 25.0 Å². The van der Waals surface area contributed by atoms with Crippen LogP contribution in [0.5, 0.6) is 0 Å². The van der Waals surface area contributed by atoms with E-state index in [-0.39, 0.29) is 5.60 Å². The molecule has 0 atom stereocenters. The normalized spacial score (nSPS) is 15.5. The van der Waals surface area contributed by atoms with Gasteiger partial charge in [-0.1, -0.05) is 54.6 Å². The predicted molar refractivity (Wildman–Crippen MR) is 90.3 cm³/mol. The van der Waals surface area contributed by atoms with Crippen LogP contribution >= 0.6 is 0 Å². The van der Waals surface area contributed by atoms with Crippen LogP contribution in [0.15, 0.2) is 67.1 Å². The zero-order chi connectivity index (χ0) is 15.7. The Labute approximate surface area is 136 Å². The molecule has 0 saturated carbocycles. The summed E-state index contributed by atoms with van der Waals surface area (Å²) < 4.78 is 8.09. The lowest BCUT2D eigenvalue weighted by Gasteiger charge is -2.25. The molecular formula is C20H20N2O. The first kappa shape index (κ1) is 14.2. The zero-order valence-corrected chi connectivity index (χ0v) is 13.3. The van der Waals surface area contributed by atoms with E-state index in [0.29, 0.717) is 0 Å². The number of ether oxygens (including phenoxy) is 1. The summed E-state index contributed by atoms with van der Waals surface area (Å²) in [6.45, 7) is 0.834. The summed E-state index contributed by atoms with van der Waals surface area (Å²) in [6.07, 6.45) is 5.82. The smallest absolute Gasteiger partial charge is 0.119 e. The van der Waals surface area contributed by atoms with Gasteiger partial charge in [0.05, 0.1) is 12.0 Å². The lowest BCUT2D eigenvalue weighted by atomic mass is 9.96. The van der Waals surface area contributed by atoms with Crippen molar-refractivity contribution in [3.8, 4) is 0 Å². The van der Waals surface area contributed by atoms with Gasteiger partial charge < -0.3 is 9.30 Å². The number of methoxy groups -OCH3 is 1. The molecule has 1 aliphatic rings. The molecule has 0 fully saturated rings. The third-order valence-corrected chi connectivity index (χ3v) is 4.77. The molecule has 0 amide bonds. The molecule has 1 aliphatic carbocycles. The maximum atomic E-state index is 5.96. The third-order valence-electron chi connectivity index (χ3n) is 4.77. The highest BCUT2D eigenvalue weighted by atomic mass is 16.5. The van der Waals surface area contributed by atoms with Crippen molar-refractivity contribution in [1.29, 1.82) is 0 Å². The minimum absolute atomic E-state index is 0.328. The first-order chi connectivity index (χ1) is 11.3. The fourth-order valence-electron chi connectivity index (χ4n) is 3.49. The van der Waals surface area contributed by atoms with E-state index in [1.54, 1.807) is 7.11 Å². The molecule has 1 heterocycles. The van der Waals surface area contributed by atoms with Crippen molar-refractivity contribution >= 4 is 0 Å². The molecule has 4 rings (SSSR count). The fraction of sp³-hybridized carbons (Fsp3) is 0.250. The van der Waals surface area contributed by atoms with Crippen molar-refractivity contribution in [3.05, 3.63) is 89.5 Å². The van der Waals surface area contributed by atoms with E-state index in [1.807, 2.05) is 12.4 Å². The molecule has 3 aromatic rings. The van der Waals surface area contributed by atoms with E-state index in [4.69, 9.17) is 4.74 Å². The van der Waals surface area contributed by atoms with Gasteiger partial charge in [-0.25, -0.2) is 4.98 Å². The minimum atomic E-state index is -0.328. The molecule has 3 nitrogen and oxygen atoms in total. The number of fused-ring (bicyclic) bond motifs is 1. The molecule has 23 heavy (non-hydrogen) atoms. The van der Waals surface area contributed by atoms with Gasteiger partial charge in [0, 0.05) is 32.7 Å². The number of benzene rings is 2. The second-order valence-corrected chi connectivity index (χ2v) is 6.24. The number of hydrogen-bond donors (Lipinski definition) is 0. The van der Waals surface area contributed by atoms with Crippen LogP contribution < -0.4 is 0 Å². The van der Waals surface area contributed by atoms with Crippen LogP contribution in [0.3, 0.4) is 0 Å². The highest BCUT2D eigenvalue weighted by Crippen LogP contribution is 2.39. The summed E-state index contributed by atoms with van der Waals surface area (Å²) >= 11 is 0. The summed E-state index contributed by atoms with van der Waals surface area (Å²) in [7, 11) is 1.79. The Morgan fingerprint density at radius 1 is 1.00 bits per heavy atom. The van der Waals surface area contributed by atoms with Gasteiger partial charge in [-0.2, -0.15) is 0 Å². The number of aromatic nitrogens is 2. The minimum Gasteiger partial charge on any atom is -0.371 e. The van der Waals surface area contributed by atoms with Crippen LogP contribution in [-0.4, -0.2) is 16.7 Å². The lowest BCUT2D eigenvalue weighted by molar-refractivity contribution is -0.00909. The Bertz CT molecular complexity index is 782. The molecule has 116 valence electrons. The Kier molecular flexibility index (Phi) is 3.50. The van der Waals surface area contributed by atoms with Crippen LogP contribution in [-0.2, 0) is 29.7 Å². The van der Waals surface area contributed by atoms with Crippen molar-refractivity contribution in [2.75, 3.05) is 7.11 Å². The fourth-order valence-corrected chi connectivity index (χ4v) is 3.49. The summed E-state index contributed by atoms with van der Waals surface area (Å²) in [5.41, 5.74) is 4.70. The van der Waals surface area contributed by atoms with Gasteiger partial charge in [-0.3, -0.25) is 0 Å². The molecule has 1 aromatic heterocycles. The summed E-state index contributed by atoms with van der Waals surface area (Å²) in [5, 5.41) is 0. The second kappa shape index (κ2) is 5.67. The van der Waals surface area contributed by atoms with Crippen LogP contribution in [0.2, 0.25) is 0 Å². The summed E-state index contributed by atoms with van der Waals surface area (Å²) in [5.74, 6) is 0. The maximum absolute atomic E-state index is 5.96. The predicted octanol–water partition coefficient (Wildman–Crippen LogP) is 3.57. The molecule has 3 heteroatoms. The topological polar surface area (TPSA) is 27.1 Å². The third kappa shape index (κ3) is 2.57. The van der Waals surface area contributed by atoms with Crippen LogP contribution in [0, 0.1) is 0 Å². The molecule has 0 bridgehead atoms. The maximum Gasteiger partial charge on any atom is 0.119 e. The number of hydrogen-bond acceptors (Lipinski definition) is 2. The van der Waals surface area contributed by atoms with Crippen LogP contribution in [0.1, 0.15) is 22.4 Å². The first-order valence-electron chi connectivity index (χ1n) is 7.97. The van der Waals surface area contributed by atoms with Crippen molar-refractivity contribution in [3.63, 3.8) is 0 Å². The van der Waals surface area contributed by atoms with E-state index in [0.717, 1.165) is 25.1 Å². The highest BCUT2D eigenvalue weighted by Gasteiger charge is 2.40. The van der Waals surface area contributed by atoms with Gasteiger partial charge in [-0.15, -0.1) is 0 Å². The number of imidazole rings is 1.